The maximum atomic E-state index is 11.5. The van der Waals surface area contributed by atoms with Gasteiger partial charge < -0.3 is 5.32 Å². The molecule has 0 radical (unpaired) electrons. The molecule has 0 aromatic rings. The summed E-state index contributed by atoms with van der Waals surface area (Å²) in [5, 5.41) is 2.74. The van der Waals surface area contributed by atoms with Crippen molar-refractivity contribution in [2.45, 2.75) is 33.2 Å². The van der Waals surface area contributed by atoms with E-state index in [1.807, 2.05) is 20.8 Å². The van der Waals surface area contributed by atoms with Gasteiger partial charge in [-0.1, -0.05) is 6.92 Å². The summed E-state index contributed by atoms with van der Waals surface area (Å²) in [5.74, 6) is -0.818. The lowest BCUT2D eigenvalue weighted by atomic mass is 10.1. The fraction of sp³-hybridized carbons (Fsp3) is 0.889. The van der Waals surface area contributed by atoms with Gasteiger partial charge >= 0.3 is 0 Å². The largest absolute Gasteiger partial charge is 0.351 e. The Bertz CT molecular complexity index is 301. The predicted molar refractivity (Wildman–Crippen MR) is 56.8 cm³/mol. The third-order valence-corrected chi connectivity index (χ3v) is 2.60. The minimum atomic E-state index is -3.08. The molecule has 0 aromatic heterocycles. The molecule has 0 spiro atoms. The quantitative estimate of drug-likeness (QED) is 0.758. The van der Waals surface area contributed by atoms with Crippen LogP contribution in [0.2, 0.25) is 0 Å². The van der Waals surface area contributed by atoms with Gasteiger partial charge in [-0.2, -0.15) is 0 Å². The molecule has 4 nitrogen and oxygen atoms in total. The first-order valence-corrected chi connectivity index (χ1v) is 6.57. The molecule has 0 aliphatic heterocycles. The lowest BCUT2D eigenvalue weighted by Crippen LogP contribution is -2.44. The number of carbonyl (C=O) groups excluding carboxylic acids is 1. The molecule has 0 saturated heterocycles. The Hall–Kier alpha value is -0.580. The van der Waals surface area contributed by atoms with Crippen LogP contribution in [0.3, 0.4) is 0 Å². The van der Waals surface area contributed by atoms with Crippen LogP contribution in [0.4, 0.5) is 0 Å². The molecule has 0 aliphatic rings. The lowest BCUT2D eigenvalue weighted by molar-refractivity contribution is -0.125. The van der Waals surface area contributed by atoms with E-state index in [1.54, 1.807) is 6.92 Å². The van der Waals surface area contributed by atoms with E-state index < -0.39 is 15.8 Å². The molecule has 14 heavy (non-hydrogen) atoms. The lowest BCUT2D eigenvalue weighted by Gasteiger charge is -2.22. The first kappa shape index (κ1) is 13.4. The van der Waals surface area contributed by atoms with E-state index in [9.17, 15) is 13.2 Å². The van der Waals surface area contributed by atoms with Crippen LogP contribution in [-0.4, -0.2) is 31.9 Å². The summed E-state index contributed by atoms with van der Waals surface area (Å²) >= 11 is 0. The number of rotatable bonds is 3. The number of carbonyl (C=O) groups is 1. The molecule has 1 amide bonds. The summed E-state index contributed by atoms with van der Waals surface area (Å²) in [5.41, 5.74) is -0.317. The highest BCUT2D eigenvalue weighted by atomic mass is 32.2. The minimum absolute atomic E-state index is 0.102. The van der Waals surface area contributed by atoms with Gasteiger partial charge in [0, 0.05) is 17.7 Å². The normalized spacial score (nSPS) is 14.9. The second-order valence-electron chi connectivity index (χ2n) is 4.73. The molecule has 1 N–H and O–H groups in total. The van der Waals surface area contributed by atoms with Gasteiger partial charge in [0.15, 0.2) is 0 Å². The van der Waals surface area contributed by atoms with Crippen LogP contribution in [0.5, 0.6) is 0 Å². The standard InChI is InChI=1S/C9H19NO3S/c1-7(6-14(5,12)13)8(11)10-9(2,3)4/h7H,6H2,1-5H3,(H,10,11)/t7-/m0/s1. The average molecular weight is 221 g/mol. The Kier molecular flexibility index (Phi) is 4.12. The topological polar surface area (TPSA) is 63.2 Å². The molecule has 0 unspecified atom stereocenters. The predicted octanol–water partition coefficient (Wildman–Crippen LogP) is 0.582. The van der Waals surface area contributed by atoms with E-state index in [2.05, 4.69) is 5.32 Å². The molecule has 0 rings (SSSR count). The van der Waals surface area contributed by atoms with Gasteiger partial charge in [-0.25, -0.2) is 8.42 Å². The van der Waals surface area contributed by atoms with Gasteiger partial charge in [-0.3, -0.25) is 4.79 Å². The Morgan fingerprint density at radius 3 is 2.07 bits per heavy atom. The van der Waals surface area contributed by atoms with E-state index in [1.165, 1.54) is 0 Å². The van der Waals surface area contributed by atoms with Crippen molar-refractivity contribution >= 4 is 15.7 Å². The molecule has 5 heteroatoms. The Morgan fingerprint density at radius 1 is 1.36 bits per heavy atom. The number of nitrogens with one attached hydrogen (secondary N) is 1. The van der Waals surface area contributed by atoms with Crippen molar-refractivity contribution in [3.8, 4) is 0 Å². The van der Waals surface area contributed by atoms with Gasteiger partial charge in [0.1, 0.15) is 9.84 Å². The monoisotopic (exact) mass is 221 g/mol. The maximum absolute atomic E-state index is 11.5. The number of amides is 1. The minimum Gasteiger partial charge on any atom is -0.351 e. The number of sulfone groups is 1. The molecular weight excluding hydrogens is 202 g/mol. The second kappa shape index (κ2) is 4.29. The zero-order valence-corrected chi connectivity index (χ0v) is 10.2. The molecule has 0 bridgehead atoms. The van der Waals surface area contributed by atoms with Crippen LogP contribution < -0.4 is 5.32 Å². The van der Waals surface area contributed by atoms with Crippen molar-refractivity contribution in [1.82, 2.24) is 5.32 Å². The summed E-state index contributed by atoms with van der Waals surface area (Å²) in [7, 11) is -3.08. The zero-order chi connectivity index (χ0) is 11.6. The van der Waals surface area contributed by atoms with Crippen LogP contribution in [-0.2, 0) is 14.6 Å². The van der Waals surface area contributed by atoms with Crippen LogP contribution in [0.1, 0.15) is 27.7 Å². The van der Waals surface area contributed by atoms with Crippen molar-refractivity contribution in [3.63, 3.8) is 0 Å². The van der Waals surface area contributed by atoms with Gasteiger partial charge in [-0.05, 0) is 20.8 Å². The molecule has 0 heterocycles. The van der Waals surface area contributed by atoms with Gasteiger partial charge in [0.05, 0.1) is 5.75 Å². The fourth-order valence-corrected chi connectivity index (χ4v) is 2.08. The van der Waals surface area contributed by atoms with E-state index in [4.69, 9.17) is 0 Å². The molecule has 84 valence electrons. The smallest absolute Gasteiger partial charge is 0.224 e. The van der Waals surface area contributed by atoms with E-state index in [0.717, 1.165) is 6.26 Å². The summed E-state index contributed by atoms with van der Waals surface area (Å²) in [4.78, 5) is 11.5. The van der Waals surface area contributed by atoms with Gasteiger partial charge in [0.25, 0.3) is 0 Å². The average Bonchev–Trinajstić information content (AvgIpc) is 1.78. The van der Waals surface area contributed by atoms with Crippen LogP contribution >= 0.6 is 0 Å². The molecular formula is C9H19NO3S. The Morgan fingerprint density at radius 2 is 1.79 bits per heavy atom. The third kappa shape index (κ3) is 6.88. The Labute approximate surface area is 86.0 Å². The summed E-state index contributed by atoms with van der Waals surface area (Å²) in [6, 6.07) is 0. The van der Waals surface area contributed by atoms with Crippen molar-refractivity contribution in [1.29, 1.82) is 0 Å². The van der Waals surface area contributed by atoms with E-state index in [0.29, 0.717) is 0 Å². The highest BCUT2D eigenvalue weighted by Crippen LogP contribution is 2.05. The second-order valence-corrected chi connectivity index (χ2v) is 6.92. The van der Waals surface area contributed by atoms with Crippen LogP contribution in [0.25, 0.3) is 0 Å². The van der Waals surface area contributed by atoms with Crippen molar-refractivity contribution in [2.75, 3.05) is 12.0 Å². The van der Waals surface area contributed by atoms with Crippen molar-refractivity contribution in [3.05, 3.63) is 0 Å². The zero-order valence-electron chi connectivity index (χ0n) is 9.42. The number of hydrogen-bond acceptors (Lipinski definition) is 3. The molecule has 0 aromatic carbocycles. The SMILES string of the molecule is C[C@@H](CS(C)(=O)=O)C(=O)NC(C)(C)C. The molecule has 0 aliphatic carbocycles. The highest BCUT2D eigenvalue weighted by Gasteiger charge is 2.22. The molecule has 0 fully saturated rings. The summed E-state index contributed by atoms with van der Waals surface area (Å²) in [6.07, 6.45) is 1.13. The highest BCUT2D eigenvalue weighted by molar-refractivity contribution is 7.90. The first-order chi connectivity index (χ1) is 6.01. The van der Waals surface area contributed by atoms with Gasteiger partial charge in [0.2, 0.25) is 5.91 Å². The van der Waals surface area contributed by atoms with E-state index in [-0.39, 0.29) is 17.2 Å². The van der Waals surface area contributed by atoms with Crippen molar-refractivity contribution in [2.24, 2.45) is 5.92 Å². The summed E-state index contributed by atoms with van der Waals surface area (Å²) in [6.45, 7) is 7.19. The number of hydrogen-bond donors (Lipinski definition) is 1. The van der Waals surface area contributed by atoms with Gasteiger partial charge in [-0.15, -0.1) is 0 Å². The fourth-order valence-electron chi connectivity index (χ4n) is 1.02. The third-order valence-electron chi connectivity index (χ3n) is 1.50. The van der Waals surface area contributed by atoms with Crippen LogP contribution in [0, 0.1) is 5.92 Å². The van der Waals surface area contributed by atoms with E-state index >= 15 is 0 Å². The molecule has 1 atom stereocenters. The van der Waals surface area contributed by atoms with Crippen LogP contribution in [0.15, 0.2) is 0 Å². The molecule has 0 saturated carbocycles. The maximum Gasteiger partial charge on any atom is 0.224 e. The Balaban J connectivity index is 4.29. The first-order valence-electron chi connectivity index (χ1n) is 4.51. The van der Waals surface area contributed by atoms with Crippen molar-refractivity contribution < 1.29 is 13.2 Å². The summed E-state index contributed by atoms with van der Waals surface area (Å²) < 4.78 is 21.9.